The van der Waals surface area contributed by atoms with Crippen LogP contribution in [0.15, 0.2) is 6.07 Å². The number of carboxylic acid groups (broad SMARTS) is 1. The van der Waals surface area contributed by atoms with E-state index in [-0.39, 0.29) is 11.5 Å². The first-order valence-corrected chi connectivity index (χ1v) is 7.18. The van der Waals surface area contributed by atoms with Gasteiger partial charge in [-0.15, -0.1) is 0 Å². The van der Waals surface area contributed by atoms with E-state index in [1.165, 1.54) is 7.11 Å². The van der Waals surface area contributed by atoms with Gasteiger partial charge in [-0.2, -0.15) is 0 Å². The highest BCUT2D eigenvalue weighted by Crippen LogP contribution is 2.51. The molecule has 0 aliphatic heterocycles. The number of hydrogen-bond acceptors (Lipinski definition) is 3. The number of benzene rings is 1. The molecule has 0 amide bonds. The summed E-state index contributed by atoms with van der Waals surface area (Å²) in [4.78, 5) is 11.8. The van der Waals surface area contributed by atoms with E-state index in [0.717, 1.165) is 18.4 Å². The van der Waals surface area contributed by atoms with Gasteiger partial charge in [0.25, 0.3) is 0 Å². The van der Waals surface area contributed by atoms with E-state index in [9.17, 15) is 15.0 Å². The van der Waals surface area contributed by atoms with E-state index in [1.54, 1.807) is 6.07 Å². The molecule has 1 aromatic carbocycles. The molecule has 1 saturated carbocycles. The molecule has 1 aliphatic carbocycles. The normalized spacial score (nSPS) is 17.1. The van der Waals surface area contributed by atoms with Gasteiger partial charge in [0.05, 0.1) is 17.5 Å². The Labute approximate surface area is 123 Å². The van der Waals surface area contributed by atoms with Crippen LogP contribution in [-0.2, 0) is 16.6 Å². The quantitative estimate of drug-likeness (QED) is 0.892. The Morgan fingerprint density at radius 1 is 1.45 bits per heavy atom. The molecule has 0 atom stereocenters. The molecule has 0 heterocycles. The Balaban J connectivity index is 2.74. The third-order valence-electron chi connectivity index (χ3n) is 4.22. The first-order chi connectivity index (χ1) is 9.47. The number of carboxylic acids is 1. The zero-order valence-corrected chi connectivity index (χ0v) is 12.5. The van der Waals surface area contributed by atoms with Crippen molar-refractivity contribution in [2.45, 2.75) is 44.4 Å². The maximum Gasteiger partial charge on any atom is 0.314 e. The summed E-state index contributed by atoms with van der Waals surface area (Å²) >= 11 is 6.38. The van der Waals surface area contributed by atoms with Crippen molar-refractivity contribution in [3.05, 3.63) is 22.2 Å². The highest BCUT2D eigenvalue weighted by atomic mass is 35.5. The van der Waals surface area contributed by atoms with Crippen LogP contribution in [0, 0.1) is 0 Å². The van der Waals surface area contributed by atoms with Gasteiger partial charge in [0.1, 0.15) is 0 Å². The summed E-state index contributed by atoms with van der Waals surface area (Å²) in [5.41, 5.74) is 0.0174. The summed E-state index contributed by atoms with van der Waals surface area (Å²) in [6, 6.07) is 1.67. The van der Waals surface area contributed by atoms with Gasteiger partial charge in [-0.25, -0.2) is 0 Å². The second kappa shape index (κ2) is 5.52. The maximum atomic E-state index is 11.8. The summed E-state index contributed by atoms with van der Waals surface area (Å²) < 4.78 is 5.17. The molecule has 1 aliphatic rings. The van der Waals surface area contributed by atoms with Crippen molar-refractivity contribution in [3.63, 3.8) is 0 Å². The standard InChI is InChI=1S/C15H19ClO4/c1-3-9-8-10(20-2)13(17)11(12(9)16)15(14(18)19)6-4-5-7-15/h8,17H,3-7H2,1-2H3,(H,18,19). The third-order valence-corrected chi connectivity index (χ3v) is 4.65. The second-order valence-electron chi connectivity index (χ2n) is 5.22. The first-order valence-electron chi connectivity index (χ1n) is 6.80. The predicted octanol–water partition coefficient (Wildman–Crippen LogP) is 3.51. The summed E-state index contributed by atoms with van der Waals surface area (Å²) in [5, 5.41) is 20.4. The van der Waals surface area contributed by atoms with Gasteiger partial charge in [0.2, 0.25) is 0 Å². The number of hydrogen-bond donors (Lipinski definition) is 2. The van der Waals surface area contributed by atoms with Gasteiger partial charge in [-0.1, -0.05) is 31.4 Å². The molecule has 2 N–H and O–H groups in total. The lowest BCUT2D eigenvalue weighted by atomic mass is 9.77. The minimum atomic E-state index is -1.10. The SMILES string of the molecule is CCc1cc(OC)c(O)c(C2(C(=O)O)CCCC2)c1Cl. The van der Waals surface area contributed by atoms with Crippen molar-refractivity contribution < 1.29 is 19.7 Å². The van der Waals surface area contributed by atoms with E-state index < -0.39 is 11.4 Å². The molecule has 110 valence electrons. The lowest BCUT2D eigenvalue weighted by molar-refractivity contribution is -0.143. The summed E-state index contributed by atoms with van der Waals surface area (Å²) in [5.74, 6) is -0.782. The van der Waals surface area contributed by atoms with Crippen molar-refractivity contribution in [1.82, 2.24) is 0 Å². The van der Waals surface area contributed by atoms with Crippen LogP contribution in [0.4, 0.5) is 0 Å². The molecule has 2 rings (SSSR count). The molecular weight excluding hydrogens is 280 g/mol. The molecule has 1 fully saturated rings. The monoisotopic (exact) mass is 298 g/mol. The van der Waals surface area contributed by atoms with Crippen molar-refractivity contribution in [2.75, 3.05) is 7.11 Å². The molecule has 0 aromatic heterocycles. The third kappa shape index (κ3) is 2.12. The van der Waals surface area contributed by atoms with Crippen molar-refractivity contribution in [2.24, 2.45) is 0 Å². The average molecular weight is 299 g/mol. The van der Waals surface area contributed by atoms with E-state index in [0.29, 0.717) is 29.8 Å². The molecule has 0 unspecified atom stereocenters. The number of aromatic hydroxyl groups is 1. The zero-order chi connectivity index (χ0) is 14.9. The van der Waals surface area contributed by atoms with Gasteiger partial charge < -0.3 is 14.9 Å². The molecule has 1 aromatic rings. The molecular formula is C15H19ClO4. The Hall–Kier alpha value is -1.42. The minimum absolute atomic E-state index is 0.140. The fourth-order valence-electron chi connectivity index (χ4n) is 3.08. The van der Waals surface area contributed by atoms with Crippen LogP contribution in [-0.4, -0.2) is 23.3 Å². The van der Waals surface area contributed by atoms with Crippen LogP contribution in [0.25, 0.3) is 0 Å². The van der Waals surface area contributed by atoms with Crippen LogP contribution in [0.2, 0.25) is 5.02 Å². The van der Waals surface area contributed by atoms with Gasteiger partial charge in [-0.05, 0) is 30.9 Å². The second-order valence-corrected chi connectivity index (χ2v) is 5.60. The van der Waals surface area contributed by atoms with Gasteiger partial charge >= 0.3 is 5.97 Å². The predicted molar refractivity (Wildman–Crippen MR) is 76.8 cm³/mol. The number of aryl methyl sites for hydroxylation is 1. The zero-order valence-electron chi connectivity index (χ0n) is 11.7. The molecule has 20 heavy (non-hydrogen) atoms. The number of aliphatic carboxylic acids is 1. The smallest absolute Gasteiger partial charge is 0.314 e. The van der Waals surface area contributed by atoms with Crippen LogP contribution >= 0.6 is 11.6 Å². The van der Waals surface area contributed by atoms with Crippen molar-refractivity contribution in [3.8, 4) is 11.5 Å². The molecule has 5 heteroatoms. The van der Waals surface area contributed by atoms with Crippen LogP contribution in [0.5, 0.6) is 11.5 Å². The van der Waals surface area contributed by atoms with Crippen LogP contribution in [0.1, 0.15) is 43.7 Å². The molecule has 4 nitrogen and oxygen atoms in total. The largest absolute Gasteiger partial charge is 0.504 e. The Morgan fingerprint density at radius 2 is 2.05 bits per heavy atom. The number of methoxy groups -OCH3 is 1. The summed E-state index contributed by atoms with van der Waals surface area (Å²) in [6.07, 6.45) is 3.28. The Bertz CT molecular complexity index is 505. The van der Waals surface area contributed by atoms with E-state index in [4.69, 9.17) is 16.3 Å². The van der Waals surface area contributed by atoms with Crippen molar-refractivity contribution >= 4 is 17.6 Å². The fraction of sp³-hybridized carbons (Fsp3) is 0.533. The first kappa shape index (κ1) is 15.0. The van der Waals surface area contributed by atoms with Crippen molar-refractivity contribution in [1.29, 1.82) is 0 Å². The number of ether oxygens (including phenoxy) is 1. The Morgan fingerprint density at radius 3 is 2.50 bits per heavy atom. The van der Waals surface area contributed by atoms with E-state index in [1.807, 2.05) is 6.92 Å². The fourth-order valence-corrected chi connectivity index (χ4v) is 3.54. The van der Waals surface area contributed by atoms with Gasteiger partial charge in [0, 0.05) is 5.56 Å². The topological polar surface area (TPSA) is 66.8 Å². The summed E-state index contributed by atoms with van der Waals surface area (Å²) in [7, 11) is 1.45. The van der Waals surface area contributed by atoms with Gasteiger partial charge in [-0.3, -0.25) is 4.79 Å². The highest BCUT2D eigenvalue weighted by molar-refractivity contribution is 6.33. The van der Waals surface area contributed by atoms with Crippen LogP contribution < -0.4 is 4.74 Å². The number of phenols is 1. The van der Waals surface area contributed by atoms with Gasteiger partial charge in [0.15, 0.2) is 11.5 Å². The van der Waals surface area contributed by atoms with E-state index in [2.05, 4.69) is 0 Å². The molecule has 0 bridgehead atoms. The number of carbonyl (C=O) groups is 1. The minimum Gasteiger partial charge on any atom is -0.504 e. The number of halogens is 1. The van der Waals surface area contributed by atoms with E-state index >= 15 is 0 Å². The number of phenolic OH excluding ortho intramolecular Hbond substituents is 1. The average Bonchev–Trinajstić information content (AvgIpc) is 2.90. The molecule has 0 saturated heterocycles. The van der Waals surface area contributed by atoms with Crippen LogP contribution in [0.3, 0.4) is 0 Å². The number of rotatable bonds is 4. The molecule has 0 radical (unpaired) electrons. The summed E-state index contributed by atoms with van der Waals surface area (Å²) in [6.45, 7) is 1.93. The highest BCUT2D eigenvalue weighted by Gasteiger charge is 2.47. The molecule has 0 spiro atoms. The lowest BCUT2D eigenvalue weighted by Gasteiger charge is -2.28. The Kier molecular flexibility index (Phi) is 4.14. The maximum absolute atomic E-state index is 11.8. The lowest BCUT2D eigenvalue weighted by Crippen LogP contribution is -2.33.